The maximum absolute atomic E-state index is 13.6. The van der Waals surface area contributed by atoms with E-state index in [4.69, 9.17) is 0 Å². The van der Waals surface area contributed by atoms with Crippen molar-refractivity contribution >= 4 is 17.3 Å². The minimum absolute atomic E-state index is 0.0228. The van der Waals surface area contributed by atoms with Crippen LogP contribution in [0.3, 0.4) is 0 Å². The number of carbonyl (C=O) groups is 1. The molecule has 0 aliphatic carbocycles. The second kappa shape index (κ2) is 8.58. The summed E-state index contributed by atoms with van der Waals surface area (Å²) in [6.07, 6.45) is -4.10. The van der Waals surface area contributed by atoms with Crippen molar-refractivity contribution < 1.29 is 27.5 Å². The van der Waals surface area contributed by atoms with Gasteiger partial charge in [0.2, 0.25) is 5.95 Å². The second-order valence-corrected chi connectivity index (χ2v) is 7.42. The smallest absolute Gasteiger partial charge is 0.417 e. The number of nitrogens with one attached hydrogen (secondary N) is 1. The number of benzene rings is 1. The Hall–Kier alpha value is -4.28. The van der Waals surface area contributed by atoms with Crippen LogP contribution in [0.25, 0.3) is 16.9 Å². The lowest BCUT2D eigenvalue weighted by Gasteiger charge is -2.20. The maximum atomic E-state index is 13.6. The number of nitrogens with zero attached hydrogens (tertiary/aromatic N) is 3. The molecule has 34 heavy (non-hydrogen) atoms. The third kappa shape index (κ3) is 4.45. The molecular weight excluding hydrogens is 456 g/mol. The highest BCUT2D eigenvalue weighted by atomic mass is 19.4. The van der Waals surface area contributed by atoms with Crippen molar-refractivity contribution in [2.75, 3.05) is 5.32 Å². The number of fused-ring (bicyclic) bond motifs is 1. The highest BCUT2D eigenvalue weighted by molar-refractivity contribution is 5.92. The molecule has 3 aromatic heterocycles. The monoisotopic (exact) mass is 472 g/mol. The molecule has 0 amide bonds. The van der Waals surface area contributed by atoms with Crippen LogP contribution >= 0.6 is 0 Å². The largest absolute Gasteiger partial charge is 0.476 e. The van der Waals surface area contributed by atoms with Crippen molar-refractivity contribution in [3.05, 3.63) is 93.9 Å². The number of rotatable bonds is 5. The average Bonchev–Trinajstić information content (AvgIpc) is 2.79. The van der Waals surface area contributed by atoms with Gasteiger partial charge in [0.1, 0.15) is 5.65 Å². The predicted molar refractivity (Wildman–Crippen MR) is 115 cm³/mol. The van der Waals surface area contributed by atoms with Gasteiger partial charge in [0.25, 0.3) is 5.56 Å². The molecule has 1 atom stereocenters. The SMILES string of the molecule is C[C@@H](Nc1ccc(F)nc1C(=O)O)c1cc(C(F)(F)F)cn2c(=O)cc(-c3ccccc3)nc12. The standard InChI is InChI=1S/C23H16F4N4O3/c1-12(28-16-7-8-18(24)30-20(16)22(33)34)15-9-14(23(25,26)27)11-31-19(32)10-17(29-21(15)31)13-5-3-2-4-6-13/h2-12,28H,1H3,(H,33,34)/t12-/m1/s1. The molecule has 0 aliphatic heterocycles. The van der Waals surface area contributed by atoms with Gasteiger partial charge < -0.3 is 10.4 Å². The second-order valence-electron chi connectivity index (χ2n) is 7.42. The Kier molecular flexibility index (Phi) is 5.78. The summed E-state index contributed by atoms with van der Waals surface area (Å²) >= 11 is 0. The van der Waals surface area contributed by atoms with Crippen molar-refractivity contribution in [1.82, 2.24) is 14.4 Å². The van der Waals surface area contributed by atoms with Crippen molar-refractivity contribution in [2.24, 2.45) is 0 Å². The molecule has 0 bridgehead atoms. The molecule has 1 aromatic carbocycles. The quantitative estimate of drug-likeness (QED) is 0.320. The van der Waals surface area contributed by atoms with E-state index < -0.39 is 41.0 Å². The van der Waals surface area contributed by atoms with Gasteiger partial charge in [-0.15, -0.1) is 0 Å². The molecule has 0 aliphatic rings. The van der Waals surface area contributed by atoms with Crippen LogP contribution in [0, 0.1) is 5.95 Å². The molecule has 174 valence electrons. The Morgan fingerprint density at radius 3 is 2.44 bits per heavy atom. The van der Waals surface area contributed by atoms with Crippen molar-refractivity contribution in [2.45, 2.75) is 19.1 Å². The minimum Gasteiger partial charge on any atom is -0.476 e. The van der Waals surface area contributed by atoms with Gasteiger partial charge in [0.05, 0.1) is 23.0 Å². The van der Waals surface area contributed by atoms with Gasteiger partial charge >= 0.3 is 12.1 Å². The number of aromatic nitrogens is 3. The lowest BCUT2D eigenvalue weighted by atomic mass is 10.1. The summed E-state index contributed by atoms with van der Waals surface area (Å²) in [7, 11) is 0. The fraction of sp³-hybridized carbons (Fsp3) is 0.130. The summed E-state index contributed by atoms with van der Waals surface area (Å²) in [5.41, 5.74) is -1.79. The molecular formula is C23H16F4N4O3. The Labute approximate surface area is 189 Å². The number of hydrogen-bond acceptors (Lipinski definition) is 5. The molecule has 0 saturated heterocycles. The number of anilines is 1. The van der Waals surface area contributed by atoms with Gasteiger partial charge in [0.15, 0.2) is 5.69 Å². The Morgan fingerprint density at radius 1 is 1.09 bits per heavy atom. The number of aromatic carboxylic acids is 1. The zero-order valence-corrected chi connectivity index (χ0v) is 17.5. The maximum Gasteiger partial charge on any atom is 0.417 e. The summed E-state index contributed by atoms with van der Waals surface area (Å²) in [6, 6.07) is 11.7. The Balaban J connectivity index is 1.92. The van der Waals surface area contributed by atoms with E-state index in [-0.39, 0.29) is 22.6 Å². The van der Waals surface area contributed by atoms with Gasteiger partial charge in [-0.1, -0.05) is 30.3 Å². The fourth-order valence-corrected chi connectivity index (χ4v) is 3.48. The van der Waals surface area contributed by atoms with E-state index in [0.717, 1.165) is 28.7 Å². The van der Waals surface area contributed by atoms with E-state index >= 15 is 0 Å². The molecule has 0 radical (unpaired) electrons. The van der Waals surface area contributed by atoms with Gasteiger partial charge in [-0.2, -0.15) is 17.6 Å². The van der Waals surface area contributed by atoms with Gasteiger partial charge in [-0.25, -0.2) is 14.8 Å². The van der Waals surface area contributed by atoms with E-state index in [9.17, 15) is 32.3 Å². The third-order valence-corrected chi connectivity index (χ3v) is 5.09. The normalized spacial score (nSPS) is 12.5. The van der Waals surface area contributed by atoms with Crippen molar-refractivity contribution in [3.8, 4) is 11.3 Å². The first-order chi connectivity index (χ1) is 16.0. The van der Waals surface area contributed by atoms with Crippen LogP contribution in [0.4, 0.5) is 23.2 Å². The van der Waals surface area contributed by atoms with Crippen LogP contribution in [0.1, 0.15) is 34.6 Å². The van der Waals surface area contributed by atoms with Gasteiger partial charge in [-0.3, -0.25) is 9.20 Å². The Morgan fingerprint density at radius 2 is 1.79 bits per heavy atom. The molecule has 0 spiro atoms. The van der Waals surface area contributed by atoms with Gasteiger partial charge in [0, 0.05) is 23.4 Å². The third-order valence-electron chi connectivity index (χ3n) is 5.09. The number of hydrogen-bond donors (Lipinski definition) is 2. The lowest BCUT2D eigenvalue weighted by molar-refractivity contribution is -0.137. The first-order valence-corrected chi connectivity index (χ1v) is 9.91. The summed E-state index contributed by atoms with van der Waals surface area (Å²) < 4.78 is 55.0. The van der Waals surface area contributed by atoms with Crippen LogP contribution in [0.2, 0.25) is 0 Å². The van der Waals surface area contributed by atoms with Crippen LogP contribution in [0.15, 0.2) is 65.6 Å². The molecule has 4 aromatic rings. The summed E-state index contributed by atoms with van der Waals surface area (Å²) in [6.45, 7) is 1.46. The van der Waals surface area contributed by atoms with E-state index in [2.05, 4.69) is 15.3 Å². The lowest BCUT2D eigenvalue weighted by Crippen LogP contribution is -2.21. The summed E-state index contributed by atoms with van der Waals surface area (Å²) in [5.74, 6) is -2.55. The summed E-state index contributed by atoms with van der Waals surface area (Å²) in [5, 5.41) is 12.1. The molecule has 11 heteroatoms. The van der Waals surface area contributed by atoms with Crippen molar-refractivity contribution in [1.29, 1.82) is 0 Å². The predicted octanol–water partition coefficient (Wildman–Crippen LogP) is 4.79. The Bertz CT molecular complexity index is 1450. The van der Waals surface area contributed by atoms with Crippen LogP contribution in [0.5, 0.6) is 0 Å². The molecule has 0 saturated carbocycles. The number of carboxylic acids is 1. The van der Waals surface area contributed by atoms with E-state index in [0.29, 0.717) is 11.8 Å². The van der Waals surface area contributed by atoms with Crippen molar-refractivity contribution in [3.63, 3.8) is 0 Å². The van der Waals surface area contributed by atoms with E-state index in [1.165, 1.54) is 6.92 Å². The summed E-state index contributed by atoms with van der Waals surface area (Å²) in [4.78, 5) is 32.0. The zero-order chi connectivity index (χ0) is 24.6. The molecule has 0 fully saturated rings. The van der Waals surface area contributed by atoms with Crippen LogP contribution < -0.4 is 10.9 Å². The molecule has 2 N–H and O–H groups in total. The minimum atomic E-state index is -4.76. The molecule has 4 rings (SSSR count). The first kappa shape index (κ1) is 22.9. The highest BCUT2D eigenvalue weighted by Gasteiger charge is 2.33. The zero-order valence-electron chi connectivity index (χ0n) is 17.5. The van der Waals surface area contributed by atoms with Crippen LogP contribution in [-0.4, -0.2) is 25.4 Å². The topological polar surface area (TPSA) is 96.6 Å². The molecule has 3 heterocycles. The van der Waals surface area contributed by atoms with E-state index in [1.807, 2.05) is 0 Å². The van der Waals surface area contributed by atoms with E-state index in [1.54, 1.807) is 30.3 Å². The molecule has 0 unspecified atom stereocenters. The molecule has 7 nitrogen and oxygen atoms in total. The average molecular weight is 472 g/mol. The first-order valence-electron chi connectivity index (χ1n) is 9.91. The number of alkyl halides is 3. The van der Waals surface area contributed by atoms with Gasteiger partial charge in [-0.05, 0) is 25.1 Å². The number of pyridine rings is 2. The van der Waals surface area contributed by atoms with Crippen LogP contribution in [-0.2, 0) is 6.18 Å². The number of carboxylic acid groups (broad SMARTS) is 1. The fourth-order valence-electron chi connectivity index (χ4n) is 3.48. The number of halogens is 4. The highest BCUT2D eigenvalue weighted by Crippen LogP contribution is 2.33.